The number of hydrogen-bond acceptors (Lipinski definition) is 4. The molecule has 1 saturated heterocycles. The van der Waals surface area contributed by atoms with Gasteiger partial charge in [-0.3, -0.25) is 0 Å². The normalized spacial score (nSPS) is 27.0. The molecule has 2 atom stereocenters. The molecular formula is C13H17N5. The standard InChI is InChI=1S/C13H17N5/c14-11-8-17-5-4-15-12(17)13(16-11)18-6-9-2-1-3-10(9)7-18/h4-5,8-10H,1-3,6-7,14H2. The van der Waals surface area contributed by atoms with Crippen LogP contribution in [-0.2, 0) is 0 Å². The molecule has 3 heterocycles. The Morgan fingerprint density at radius 3 is 2.78 bits per heavy atom. The van der Waals surface area contributed by atoms with E-state index in [0.717, 1.165) is 36.4 Å². The van der Waals surface area contributed by atoms with Crippen LogP contribution in [0.2, 0.25) is 0 Å². The summed E-state index contributed by atoms with van der Waals surface area (Å²) >= 11 is 0. The van der Waals surface area contributed by atoms with Crippen LogP contribution in [0, 0.1) is 11.8 Å². The van der Waals surface area contributed by atoms with E-state index >= 15 is 0 Å². The SMILES string of the molecule is Nc1cn2ccnc2c(N2CC3CCCC3C2)n1. The van der Waals surface area contributed by atoms with Crippen LogP contribution in [0.1, 0.15) is 19.3 Å². The summed E-state index contributed by atoms with van der Waals surface area (Å²) in [5, 5.41) is 0. The molecule has 0 radical (unpaired) electrons. The summed E-state index contributed by atoms with van der Waals surface area (Å²) in [6, 6.07) is 0. The fourth-order valence-electron chi connectivity index (χ4n) is 3.55. The van der Waals surface area contributed by atoms with Crippen LogP contribution in [0.4, 0.5) is 11.6 Å². The lowest BCUT2D eigenvalue weighted by molar-refractivity contribution is 0.494. The van der Waals surface area contributed by atoms with Crippen molar-refractivity contribution < 1.29 is 0 Å². The molecule has 2 unspecified atom stereocenters. The molecule has 94 valence electrons. The van der Waals surface area contributed by atoms with Crippen molar-refractivity contribution in [2.45, 2.75) is 19.3 Å². The van der Waals surface area contributed by atoms with Gasteiger partial charge in [0.05, 0.1) is 6.20 Å². The third-order valence-electron chi connectivity index (χ3n) is 4.40. The van der Waals surface area contributed by atoms with Gasteiger partial charge >= 0.3 is 0 Å². The Balaban J connectivity index is 1.76. The molecule has 0 spiro atoms. The quantitative estimate of drug-likeness (QED) is 0.825. The lowest BCUT2D eigenvalue weighted by Gasteiger charge is -2.19. The molecule has 4 rings (SSSR count). The lowest BCUT2D eigenvalue weighted by Crippen LogP contribution is -2.23. The Morgan fingerprint density at radius 2 is 2.00 bits per heavy atom. The van der Waals surface area contributed by atoms with Gasteiger partial charge in [0.15, 0.2) is 11.5 Å². The van der Waals surface area contributed by atoms with Gasteiger partial charge in [0.2, 0.25) is 0 Å². The average Bonchev–Trinajstić information content (AvgIpc) is 3.01. The number of imidazole rings is 1. The molecule has 2 aromatic heterocycles. The zero-order valence-corrected chi connectivity index (χ0v) is 10.3. The molecular weight excluding hydrogens is 226 g/mol. The van der Waals surface area contributed by atoms with Crippen LogP contribution < -0.4 is 10.6 Å². The van der Waals surface area contributed by atoms with Gasteiger partial charge in [0.25, 0.3) is 0 Å². The van der Waals surface area contributed by atoms with Gasteiger partial charge < -0.3 is 15.0 Å². The maximum absolute atomic E-state index is 5.88. The maximum Gasteiger partial charge on any atom is 0.180 e. The van der Waals surface area contributed by atoms with Crippen molar-refractivity contribution in [1.82, 2.24) is 14.4 Å². The largest absolute Gasteiger partial charge is 0.382 e. The maximum atomic E-state index is 5.88. The summed E-state index contributed by atoms with van der Waals surface area (Å²) in [4.78, 5) is 11.3. The number of aromatic nitrogens is 3. The van der Waals surface area contributed by atoms with Gasteiger partial charge in [-0.05, 0) is 24.7 Å². The summed E-state index contributed by atoms with van der Waals surface area (Å²) in [7, 11) is 0. The Hall–Kier alpha value is -1.78. The van der Waals surface area contributed by atoms with Crippen molar-refractivity contribution in [3.8, 4) is 0 Å². The molecule has 2 aromatic rings. The highest BCUT2D eigenvalue weighted by atomic mass is 15.3. The molecule has 0 amide bonds. The van der Waals surface area contributed by atoms with E-state index in [1.807, 2.05) is 16.8 Å². The second-order valence-electron chi connectivity index (χ2n) is 5.50. The smallest absolute Gasteiger partial charge is 0.180 e. The van der Waals surface area contributed by atoms with Crippen molar-refractivity contribution in [2.75, 3.05) is 23.7 Å². The highest BCUT2D eigenvalue weighted by molar-refractivity contribution is 5.66. The van der Waals surface area contributed by atoms with Gasteiger partial charge in [-0.25, -0.2) is 9.97 Å². The Bertz CT molecular complexity index is 578. The van der Waals surface area contributed by atoms with Crippen LogP contribution in [0.25, 0.3) is 5.65 Å². The molecule has 0 aromatic carbocycles. The van der Waals surface area contributed by atoms with E-state index in [2.05, 4.69) is 14.9 Å². The molecule has 1 aliphatic heterocycles. The van der Waals surface area contributed by atoms with Crippen molar-refractivity contribution in [3.63, 3.8) is 0 Å². The first-order chi connectivity index (χ1) is 8.81. The van der Waals surface area contributed by atoms with Crippen LogP contribution in [0.3, 0.4) is 0 Å². The van der Waals surface area contributed by atoms with E-state index in [1.54, 1.807) is 6.20 Å². The topological polar surface area (TPSA) is 59.5 Å². The van der Waals surface area contributed by atoms with E-state index in [9.17, 15) is 0 Å². The van der Waals surface area contributed by atoms with Gasteiger partial charge in [-0.1, -0.05) is 6.42 Å². The first-order valence-electron chi connectivity index (χ1n) is 6.65. The summed E-state index contributed by atoms with van der Waals surface area (Å²) in [5.74, 6) is 3.22. The average molecular weight is 243 g/mol. The number of fused-ring (bicyclic) bond motifs is 2. The van der Waals surface area contributed by atoms with Crippen molar-refractivity contribution >= 4 is 17.3 Å². The summed E-state index contributed by atoms with van der Waals surface area (Å²) < 4.78 is 1.96. The number of nitrogen functional groups attached to an aromatic ring is 1. The number of rotatable bonds is 1. The van der Waals surface area contributed by atoms with E-state index in [4.69, 9.17) is 5.73 Å². The molecule has 1 aliphatic carbocycles. The third-order valence-corrected chi connectivity index (χ3v) is 4.40. The molecule has 5 nitrogen and oxygen atoms in total. The first-order valence-corrected chi connectivity index (χ1v) is 6.65. The van der Waals surface area contributed by atoms with Crippen molar-refractivity contribution in [2.24, 2.45) is 11.8 Å². The molecule has 0 bridgehead atoms. The number of nitrogens with zero attached hydrogens (tertiary/aromatic N) is 4. The number of anilines is 2. The van der Waals surface area contributed by atoms with Gasteiger partial charge in [0.1, 0.15) is 5.82 Å². The molecule has 2 N–H and O–H groups in total. The third kappa shape index (κ3) is 1.39. The Labute approximate surface area is 106 Å². The van der Waals surface area contributed by atoms with Crippen LogP contribution in [0.15, 0.2) is 18.6 Å². The molecule has 5 heteroatoms. The van der Waals surface area contributed by atoms with Crippen molar-refractivity contribution in [1.29, 1.82) is 0 Å². The van der Waals surface area contributed by atoms with Gasteiger partial charge in [-0.15, -0.1) is 0 Å². The molecule has 1 saturated carbocycles. The highest BCUT2D eigenvalue weighted by Crippen LogP contribution is 2.39. The van der Waals surface area contributed by atoms with E-state index < -0.39 is 0 Å². The first kappa shape index (κ1) is 10.2. The zero-order valence-electron chi connectivity index (χ0n) is 10.3. The molecule has 2 aliphatic rings. The van der Waals surface area contributed by atoms with Crippen molar-refractivity contribution in [3.05, 3.63) is 18.6 Å². The fourth-order valence-corrected chi connectivity index (χ4v) is 3.55. The number of nitrogens with two attached hydrogens (primary N) is 1. The minimum Gasteiger partial charge on any atom is -0.382 e. The van der Waals surface area contributed by atoms with Crippen LogP contribution in [-0.4, -0.2) is 27.5 Å². The Morgan fingerprint density at radius 1 is 1.22 bits per heavy atom. The van der Waals surface area contributed by atoms with E-state index in [-0.39, 0.29) is 0 Å². The van der Waals surface area contributed by atoms with Gasteiger partial charge in [-0.2, -0.15) is 0 Å². The van der Waals surface area contributed by atoms with Crippen LogP contribution in [0.5, 0.6) is 0 Å². The van der Waals surface area contributed by atoms with Crippen LogP contribution >= 0.6 is 0 Å². The van der Waals surface area contributed by atoms with Gasteiger partial charge in [0, 0.05) is 25.5 Å². The van der Waals surface area contributed by atoms with E-state index in [1.165, 1.54) is 19.3 Å². The fraction of sp³-hybridized carbons (Fsp3) is 0.538. The highest BCUT2D eigenvalue weighted by Gasteiger charge is 2.37. The predicted octanol–water partition coefficient (Wildman–Crippen LogP) is 1.55. The summed E-state index contributed by atoms with van der Waals surface area (Å²) in [5.41, 5.74) is 6.80. The zero-order chi connectivity index (χ0) is 12.1. The predicted molar refractivity (Wildman–Crippen MR) is 70.4 cm³/mol. The molecule has 18 heavy (non-hydrogen) atoms. The van der Waals surface area contributed by atoms with E-state index in [0.29, 0.717) is 5.82 Å². The number of hydrogen-bond donors (Lipinski definition) is 1. The minimum atomic E-state index is 0.563. The summed E-state index contributed by atoms with van der Waals surface area (Å²) in [6.45, 7) is 2.23. The second-order valence-corrected chi connectivity index (χ2v) is 5.50. The molecule has 2 fully saturated rings. The lowest BCUT2D eigenvalue weighted by atomic mass is 10.0. The monoisotopic (exact) mass is 243 g/mol. The summed E-state index contributed by atoms with van der Waals surface area (Å²) in [6.07, 6.45) is 9.68. The Kier molecular flexibility index (Phi) is 2.04. The minimum absolute atomic E-state index is 0.563. The second kappa shape index (κ2) is 3.60.